The van der Waals surface area contributed by atoms with Crippen molar-refractivity contribution >= 4 is 33.2 Å². The summed E-state index contributed by atoms with van der Waals surface area (Å²) in [7, 11) is -0.537. The lowest BCUT2D eigenvalue weighted by Gasteiger charge is -2.18. The van der Waals surface area contributed by atoms with Crippen LogP contribution >= 0.6 is 11.6 Å². The predicted molar refractivity (Wildman–Crippen MR) is 117 cm³/mol. The Balaban J connectivity index is 1.68. The van der Waals surface area contributed by atoms with Crippen LogP contribution in [0, 0.1) is 0 Å². The smallest absolute Gasteiger partial charge is 0.261 e. The van der Waals surface area contributed by atoms with Gasteiger partial charge in [0.25, 0.3) is 15.9 Å². The third-order valence-corrected chi connectivity index (χ3v) is 6.04. The van der Waals surface area contributed by atoms with Crippen molar-refractivity contribution in [1.29, 1.82) is 0 Å². The predicted octanol–water partition coefficient (Wildman–Crippen LogP) is 4.42. The van der Waals surface area contributed by atoms with Gasteiger partial charge in [-0.3, -0.25) is 9.52 Å². The Morgan fingerprint density at radius 1 is 1.03 bits per heavy atom. The summed E-state index contributed by atoms with van der Waals surface area (Å²) in [6, 6.07) is 19.7. The Hall–Kier alpha value is -3.03. The van der Waals surface area contributed by atoms with Crippen LogP contribution in [0.3, 0.4) is 0 Å². The maximum absolute atomic E-state index is 12.7. The molecule has 8 heteroatoms. The van der Waals surface area contributed by atoms with Crippen LogP contribution in [-0.4, -0.2) is 33.4 Å². The molecule has 0 heterocycles. The first kappa shape index (κ1) is 21.7. The molecule has 0 aliphatic carbocycles. The largest absolute Gasteiger partial charge is 0.497 e. The first-order valence-corrected chi connectivity index (χ1v) is 10.9. The van der Waals surface area contributed by atoms with Gasteiger partial charge < -0.3 is 9.64 Å². The number of carbonyl (C=O) groups excluding carboxylic acids is 1. The van der Waals surface area contributed by atoms with Gasteiger partial charge in [0.1, 0.15) is 5.75 Å². The van der Waals surface area contributed by atoms with Crippen LogP contribution in [0.15, 0.2) is 77.7 Å². The van der Waals surface area contributed by atoms with Gasteiger partial charge in [-0.2, -0.15) is 0 Å². The SMILES string of the molecule is COc1ccc(S(=O)(=O)Nc2ccc(C(=O)N(C)Cc3cccc(Cl)c3)cc2)cc1. The van der Waals surface area contributed by atoms with Gasteiger partial charge in [-0.15, -0.1) is 0 Å². The van der Waals surface area contributed by atoms with Crippen molar-refractivity contribution in [3.05, 3.63) is 88.9 Å². The Morgan fingerprint density at radius 3 is 2.30 bits per heavy atom. The third-order valence-electron chi connectivity index (χ3n) is 4.41. The van der Waals surface area contributed by atoms with E-state index in [0.29, 0.717) is 28.6 Å². The molecule has 0 bridgehead atoms. The lowest BCUT2D eigenvalue weighted by molar-refractivity contribution is 0.0785. The fraction of sp³-hybridized carbons (Fsp3) is 0.136. The highest BCUT2D eigenvalue weighted by atomic mass is 35.5. The van der Waals surface area contributed by atoms with Crippen LogP contribution in [0.5, 0.6) is 5.75 Å². The molecule has 0 saturated carbocycles. The van der Waals surface area contributed by atoms with E-state index in [0.717, 1.165) is 5.56 Å². The number of benzene rings is 3. The highest BCUT2D eigenvalue weighted by Crippen LogP contribution is 2.20. The summed E-state index contributed by atoms with van der Waals surface area (Å²) in [6.07, 6.45) is 0. The fourth-order valence-electron chi connectivity index (χ4n) is 2.85. The summed E-state index contributed by atoms with van der Waals surface area (Å²) >= 11 is 5.99. The summed E-state index contributed by atoms with van der Waals surface area (Å²) in [5.41, 5.74) is 1.73. The zero-order chi connectivity index (χ0) is 21.7. The number of nitrogens with zero attached hydrogens (tertiary/aromatic N) is 1. The van der Waals surface area contributed by atoms with E-state index in [4.69, 9.17) is 16.3 Å². The van der Waals surface area contributed by atoms with Gasteiger partial charge in [-0.1, -0.05) is 23.7 Å². The summed E-state index contributed by atoms with van der Waals surface area (Å²) in [6.45, 7) is 0.408. The molecule has 1 N–H and O–H groups in total. The molecule has 3 aromatic carbocycles. The second-order valence-electron chi connectivity index (χ2n) is 6.65. The Kier molecular flexibility index (Phi) is 6.64. The number of ether oxygens (including phenoxy) is 1. The van der Waals surface area contributed by atoms with Gasteiger partial charge in [0.05, 0.1) is 12.0 Å². The number of hydrogen-bond donors (Lipinski definition) is 1. The van der Waals surface area contributed by atoms with E-state index in [9.17, 15) is 13.2 Å². The minimum Gasteiger partial charge on any atom is -0.497 e. The zero-order valence-electron chi connectivity index (χ0n) is 16.5. The summed E-state index contributed by atoms with van der Waals surface area (Å²) in [5, 5.41) is 0.613. The minimum atomic E-state index is -3.75. The van der Waals surface area contributed by atoms with Gasteiger partial charge in [-0.05, 0) is 66.2 Å². The molecular weight excluding hydrogens is 424 g/mol. The molecule has 0 radical (unpaired) electrons. The van der Waals surface area contributed by atoms with Crippen molar-refractivity contribution in [1.82, 2.24) is 4.90 Å². The highest BCUT2D eigenvalue weighted by molar-refractivity contribution is 7.92. The van der Waals surface area contributed by atoms with Crippen molar-refractivity contribution in [3.8, 4) is 5.75 Å². The first-order chi connectivity index (χ1) is 14.3. The van der Waals surface area contributed by atoms with Crippen molar-refractivity contribution < 1.29 is 17.9 Å². The second-order valence-corrected chi connectivity index (χ2v) is 8.77. The highest BCUT2D eigenvalue weighted by Gasteiger charge is 2.16. The number of carbonyl (C=O) groups is 1. The van der Waals surface area contributed by atoms with Crippen molar-refractivity contribution in [2.24, 2.45) is 0 Å². The molecule has 30 heavy (non-hydrogen) atoms. The number of amides is 1. The molecule has 0 aliphatic heterocycles. The molecule has 3 aromatic rings. The van der Waals surface area contributed by atoms with Crippen LogP contribution in [0.2, 0.25) is 5.02 Å². The molecule has 0 saturated heterocycles. The lowest BCUT2D eigenvalue weighted by Crippen LogP contribution is -2.26. The standard InChI is InChI=1S/C22H21ClN2O4S/c1-25(15-16-4-3-5-18(23)14-16)22(26)17-6-8-19(9-7-17)24-30(27,28)21-12-10-20(29-2)11-13-21/h3-14,24H,15H2,1-2H3. The fourth-order valence-corrected chi connectivity index (χ4v) is 4.12. The van der Waals surface area contributed by atoms with E-state index in [1.165, 1.54) is 19.2 Å². The Morgan fingerprint density at radius 2 is 1.70 bits per heavy atom. The molecule has 0 atom stereocenters. The lowest BCUT2D eigenvalue weighted by atomic mass is 10.1. The average molecular weight is 445 g/mol. The normalized spacial score (nSPS) is 11.0. The van der Waals surface area contributed by atoms with Gasteiger partial charge in [0.2, 0.25) is 0 Å². The average Bonchev–Trinajstić information content (AvgIpc) is 2.73. The number of nitrogens with one attached hydrogen (secondary N) is 1. The molecule has 6 nitrogen and oxygen atoms in total. The molecule has 3 rings (SSSR count). The molecule has 0 unspecified atom stereocenters. The molecule has 0 aliphatic rings. The van der Waals surface area contributed by atoms with Crippen LogP contribution in [0.25, 0.3) is 0 Å². The second kappa shape index (κ2) is 9.19. The van der Waals surface area contributed by atoms with Crippen molar-refractivity contribution in [2.75, 3.05) is 18.9 Å². The van der Waals surface area contributed by atoms with Crippen LogP contribution in [0.1, 0.15) is 15.9 Å². The van der Waals surface area contributed by atoms with Crippen LogP contribution in [0.4, 0.5) is 5.69 Å². The van der Waals surface area contributed by atoms with E-state index < -0.39 is 10.0 Å². The number of rotatable bonds is 7. The van der Waals surface area contributed by atoms with Gasteiger partial charge in [0, 0.05) is 29.9 Å². The number of halogens is 1. The Bertz CT molecular complexity index is 1130. The van der Waals surface area contributed by atoms with E-state index in [2.05, 4.69) is 4.72 Å². The monoisotopic (exact) mass is 444 g/mol. The van der Waals surface area contributed by atoms with Gasteiger partial charge >= 0.3 is 0 Å². The summed E-state index contributed by atoms with van der Waals surface area (Å²) in [4.78, 5) is 14.3. The topological polar surface area (TPSA) is 75.7 Å². The maximum Gasteiger partial charge on any atom is 0.261 e. The van der Waals surface area contributed by atoms with Gasteiger partial charge in [-0.25, -0.2) is 8.42 Å². The Labute approximate surface area is 181 Å². The molecule has 1 amide bonds. The summed E-state index contributed by atoms with van der Waals surface area (Å²) in [5.74, 6) is 0.387. The molecule has 0 spiro atoms. The number of methoxy groups -OCH3 is 1. The first-order valence-electron chi connectivity index (χ1n) is 9.05. The van der Waals surface area contributed by atoms with Crippen LogP contribution < -0.4 is 9.46 Å². The maximum atomic E-state index is 12.7. The quantitative estimate of drug-likeness (QED) is 0.585. The molecule has 0 fully saturated rings. The number of anilines is 1. The molecular formula is C22H21ClN2O4S. The molecule has 156 valence electrons. The van der Waals surface area contributed by atoms with Crippen molar-refractivity contribution in [2.45, 2.75) is 11.4 Å². The number of sulfonamides is 1. The summed E-state index contributed by atoms with van der Waals surface area (Å²) < 4.78 is 32.6. The van der Waals surface area contributed by atoms with E-state index in [1.54, 1.807) is 54.4 Å². The van der Waals surface area contributed by atoms with Crippen molar-refractivity contribution in [3.63, 3.8) is 0 Å². The zero-order valence-corrected chi connectivity index (χ0v) is 18.1. The van der Waals surface area contributed by atoms with Gasteiger partial charge in [0.15, 0.2) is 0 Å². The van der Waals surface area contributed by atoms with E-state index in [1.807, 2.05) is 18.2 Å². The van der Waals surface area contributed by atoms with E-state index >= 15 is 0 Å². The van der Waals surface area contributed by atoms with Crippen LogP contribution in [-0.2, 0) is 16.6 Å². The van der Waals surface area contributed by atoms with E-state index in [-0.39, 0.29) is 10.8 Å². The third kappa shape index (κ3) is 5.31. The number of hydrogen-bond acceptors (Lipinski definition) is 4. The minimum absolute atomic E-state index is 0.115. The molecule has 0 aromatic heterocycles.